The van der Waals surface area contributed by atoms with Crippen LogP contribution in [0.25, 0.3) is 0 Å². The Labute approximate surface area is 237 Å². The van der Waals surface area contributed by atoms with Crippen molar-refractivity contribution >= 4 is 17.9 Å². The minimum Gasteiger partial charge on any atom is -0.481 e. The number of carboxylic acids is 1. The van der Waals surface area contributed by atoms with Gasteiger partial charge in [0.05, 0.1) is 12.5 Å². The summed E-state index contributed by atoms with van der Waals surface area (Å²) in [5.74, 6) is -0.678. The summed E-state index contributed by atoms with van der Waals surface area (Å²) in [7, 11) is 1.79. The predicted octanol–water partition coefficient (Wildman–Crippen LogP) is 2.40. The van der Waals surface area contributed by atoms with E-state index in [0.717, 1.165) is 44.2 Å². The van der Waals surface area contributed by atoms with Gasteiger partial charge in [-0.3, -0.25) is 14.5 Å². The van der Waals surface area contributed by atoms with Crippen molar-refractivity contribution in [3.8, 4) is 11.5 Å². The third-order valence-electron chi connectivity index (χ3n) is 8.43. The molecular weight excluding hydrogens is 514 g/mol. The zero-order valence-electron chi connectivity index (χ0n) is 23.9. The number of carbonyl (C=O) groups excluding carboxylic acids is 2. The van der Waals surface area contributed by atoms with Crippen LogP contribution >= 0.6 is 0 Å². The lowest BCUT2D eigenvalue weighted by atomic mass is 9.84. The Morgan fingerprint density at radius 1 is 1.12 bits per heavy atom. The molecule has 3 aliphatic rings. The number of urea groups is 1. The van der Waals surface area contributed by atoms with E-state index in [1.165, 1.54) is 0 Å². The molecule has 3 aliphatic heterocycles. The number of ether oxygens (including phenoxy) is 2. The van der Waals surface area contributed by atoms with Crippen molar-refractivity contribution in [3.63, 3.8) is 0 Å². The normalized spacial score (nSPS) is 22.7. The second-order valence-electron chi connectivity index (χ2n) is 11.1. The minimum atomic E-state index is -0.893. The van der Waals surface area contributed by atoms with Gasteiger partial charge in [-0.1, -0.05) is 19.4 Å². The van der Waals surface area contributed by atoms with Crippen LogP contribution in [-0.2, 0) is 9.59 Å². The predicted molar refractivity (Wildman–Crippen MR) is 150 cm³/mol. The number of hydrogen-bond acceptors (Lipinski definition) is 7. The summed E-state index contributed by atoms with van der Waals surface area (Å²) in [6, 6.07) is 5.17. The minimum absolute atomic E-state index is 0.0136. The van der Waals surface area contributed by atoms with Crippen LogP contribution < -0.4 is 15.2 Å². The van der Waals surface area contributed by atoms with Crippen molar-refractivity contribution in [1.82, 2.24) is 19.6 Å². The quantitative estimate of drug-likeness (QED) is 0.333. The van der Waals surface area contributed by atoms with Crippen LogP contribution in [0.4, 0.5) is 4.79 Å². The lowest BCUT2D eigenvalue weighted by Crippen LogP contribution is -2.50. The molecule has 0 saturated carbocycles. The Bertz CT molecular complexity index is 1040. The standard InChI is InChI=1S/C29H45N5O6/c1-3-4-13-32(14-6-5-11-30)26(35)19-34-18-22(21-8-9-24-25(17-21)40-20-39-24)27(28(36)37)23(34)10-16-33-15-7-12-31(2)29(33)38/h8-9,17,22-23,27H,3-7,10-16,18-20,30H2,1-2H3,(H,36,37)/t22-,23+,27?/m1/s1. The fourth-order valence-corrected chi connectivity index (χ4v) is 6.19. The maximum Gasteiger partial charge on any atom is 0.319 e. The molecule has 0 bridgehead atoms. The van der Waals surface area contributed by atoms with E-state index in [2.05, 4.69) is 6.92 Å². The highest BCUT2D eigenvalue weighted by atomic mass is 16.7. The number of likely N-dealkylation sites (tertiary alicyclic amines) is 1. The smallest absolute Gasteiger partial charge is 0.319 e. The van der Waals surface area contributed by atoms with E-state index in [0.29, 0.717) is 57.2 Å². The molecule has 1 unspecified atom stereocenters. The fraction of sp³-hybridized carbons (Fsp3) is 0.690. The maximum atomic E-state index is 13.6. The topological polar surface area (TPSA) is 129 Å². The fourth-order valence-electron chi connectivity index (χ4n) is 6.19. The van der Waals surface area contributed by atoms with Crippen molar-refractivity contribution in [3.05, 3.63) is 23.8 Å². The van der Waals surface area contributed by atoms with E-state index in [4.69, 9.17) is 15.2 Å². The largest absolute Gasteiger partial charge is 0.481 e. The number of nitrogens with zero attached hydrogens (tertiary/aromatic N) is 4. The van der Waals surface area contributed by atoms with Gasteiger partial charge in [0.15, 0.2) is 11.5 Å². The van der Waals surface area contributed by atoms with E-state index in [1.54, 1.807) is 16.8 Å². The van der Waals surface area contributed by atoms with Crippen LogP contribution in [-0.4, -0.2) is 115 Å². The van der Waals surface area contributed by atoms with Gasteiger partial charge in [-0.15, -0.1) is 0 Å². The third-order valence-corrected chi connectivity index (χ3v) is 8.43. The molecule has 11 heteroatoms. The molecule has 3 atom stereocenters. The molecule has 1 aromatic carbocycles. The van der Waals surface area contributed by atoms with Gasteiger partial charge >= 0.3 is 12.0 Å². The van der Waals surface area contributed by atoms with Gasteiger partial charge in [0, 0.05) is 58.3 Å². The van der Waals surface area contributed by atoms with Crippen molar-refractivity contribution in [2.75, 3.05) is 66.2 Å². The van der Waals surface area contributed by atoms with Crippen molar-refractivity contribution in [2.24, 2.45) is 11.7 Å². The lowest BCUT2D eigenvalue weighted by molar-refractivity contribution is -0.144. The lowest BCUT2D eigenvalue weighted by Gasteiger charge is -2.35. The molecule has 40 heavy (non-hydrogen) atoms. The molecule has 0 radical (unpaired) electrons. The van der Waals surface area contributed by atoms with Crippen LogP contribution in [0.3, 0.4) is 0 Å². The summed E-state index contributed by atoms with van der Waals surface area (Å²) in [5.41, 5.74) is 6.55. The van der Waals surface area contributed by atoms with Crippen molar-refractivity contribution < 1.29 is 29.0 Å². The van der Waals surface area contributed by atoms with Crippen LogP contribution in [0.5, 0.6) is 11.5 Å². The van der Waals surface area contributed by atoms with E-state index < -0.39 is 17.9 Å². The zero-order chi connectivity index (χ0) is 28.6. The number of carbonyl (C=O) groups is 3. The molecule has 222 valence electrons. The molecule has 0 aliphatic carbocycles. The third kappa shape index (κ3) is 6.98. The van der Waals surface area contributed by atoms with E-state index in [1.807, 2.05) is 28.0 Å². The van der Waals surface area contributed by atoms with Crippen LogP contribution in [0.15, 0.2) is 18.2 Å². The van der Waals surface area contributed by atoms with Gasteiger partial charge in [0.2, 0.25) is 12.7 Å². The van der Waals surface area contributed by atoms with Gasteiger partial charge in [-0.25, -0.2) is 4.79 Å². The highest BCUT2D eigenvalue weighted by Crippen LogP contribution is 2.42. The van der Waals surface area contributed by atoms with Crippen LogP contribution in [0.1, 0.15) is 56.9 Å². The molecule has 0 spiro atoms. The first-order chi connectivity index (χ1) is 19.3. The SMILES string of the molecule is CCCCN(CCCCN)C(=O)CN1C[C@H](c2ccc3c(c2)OCO3)C(C(=O)O)[C@@H]1CCN1CCCN(C)C1=O. The molecule has 1 aromatic rings. The average Bonchev–Trinajstić information content (AvgIpc) is 3.55. The number of fused-ring (bicyclic) bond motifs is 1. The first kappa shape index (κ1) is 29.9. The number of carboxylic acid groups (broad SMARTS) is 1. The summed E-state index contributed by atoms with van der Waals surface area (Å²) in [4.78, 5) is 46.6. The Kier molecular flexibility index (Phi) is 10.5. The Balaban J connectivity index is 1.57. The number of aliphatic carboxylic acids is 1. The highest BCUT2D eigenvalue weighted by Gasteiger charge is 2.47. The summed E-state index contributed by atoms with van der Waals surface area (Å²) in [6.45, 7) is 6.58. The molecule has 4 rings (SSSR count). The Hall–Kier alpha value is -3.05. The monoisotopic (exact) mass is 559 g/mol. The van der Waals surface area contributed by atoms with Crippen molar-refractivity contribution in [2.45, 2.75) is 57.4 Å². The molecule has 3 heterocycles. The van der Waals surface area contributed by atoms with E-state index >= 15 is 0 Å². The van der Waals surface area contributed by atoms with Gasteiger partial charge in [-0.05, 0) is 56.3 Å². The second kappa shape index (κ2) is 14.0. The van der Waals surface area contributed by atoms with Crippen LogP contribution in [0.2, 0.25) is 0 Å². The highest BCUT2D eigenvalue weighted by molar-refractivity contribution is 5.79. The first-order valence-corrected chi connectivity index (χ1v) is 14.7. The van der Waals surface area contributed by atoms with Gasteiger partial charge in [0.25, 0.3) is 0 Å². The first-order valence-electron chi connectivity index (χ1n) is 14.7. The number of amides is 3. The zero-order valence-corrected chi connectivity index (χ0v) is 23.9. The number of rotatable bonds is 14. The number of nitrogens with two attached hydrogens (primary N) is 1. The molecule has 0 aromatic heterocycles. The number of unbranched alkanes of at least 4 members (excludes halogenated alkanes) is 2. The van der Waals surface area contributed by atoms with Gasteiger partial charge < -0.3 is 35.0 Å². The summed E-state index contributed by atoms with van der Waals surface area (Å²) < 4.78 is 11.0. The summed E-state index contributed by atoms with van der Waals surface area (Å²) in [6.07, 6.45) is 4.96. The van der Waals surface area contributed by atoms with E-state index in [9.17, 15) is 19.5 Å². The molecule has 2 saturated heterocycles. The Morgan fingerprint density at radius 2 is 1.90 bits per heavy atom. The van der Waals surface area contributed by atoms with E-state index in [-0.39, 0.29) is 31.2 Å². The molecular formula is C29H45N5O6. The number of benzene rings is 1. The Morgan fingerprint density at radius 3 is 2.65 bits per heavy atom. The second-order valence-corrected chi connectivity index (χ2v) is 11.1. The molecule has 3 amide bonds. The average molecular weight is 560 g/mol. The number of hydrogen-bond donors (Lipinski definition) is 2. The summed E-state index contributed by atoms with van der Waals surface area (Å²) >= 11 is 0. The maximum absolute atomic E-state index is 13.6. The van der Waals surface area contributed by atoms with Gasteiger partial charge in [0.1, 0.15) is 0 Å². The molecule has 2 fully saturated rings. The molecule has 11 nitrogen and oxygen atoms in total. The van der Waals surface area contributed by atoms with Crippen molar-refractivity contribution in [1.29, 1.82) is 0 Å². The molecule has 3 N–H and O–H groups in total. The van der Waals surface area contributed by atoms with Gasteiger partial charge in [-0.2, -0.15) is 0 Å². The summed E-state index contributed by atoms with van der Waals surface area (Å²) in [5, 5.41) is 10.5. The van der Waals surface area contributed by atoms with Crippen LogP contribution in [0, 0.1) is 5.92 Å².